The molecule has 0 aromatic heterocycles. The van der Waals surface area contributed by atoms with Gasteiger partial charge < -0.3 is 20.5 Å². The second kappa shape index (κ2) is 11.8. The van der Waals surface area contributed by atoms with Crippen molar-refractivity contribution in [1.29, 1.82) is 0 Å². The van der Waals surface area contributed by atoms with E-state index in [1.165, 1.54) is 0 Å². The molecule has 0 radical (unpaired) electrons. The molecule has 0 saturated heterocycles. The van der Waals surface area contributed by atoms with Gasteiger partial charge >= 0.3 is 0 Å². The van der Waals surface area contributed by atoms with Crippen LogP contribution in [0.25, 0.3) is 0 Å². The van der Waals surface area contributed by atoms with E-state index in [0.29, 0.717) is 26.2 Å². The van der Waals surface area contributed by atoms with Gasteiger partial charge in [0.05, 0.1) is 12.6 Å². The van der Waals surface area contributed by atoms with Crippen LogP contribution in [0.4, 0.5) is 0 Å². The number of carbonyl (C=O) groups is 1. The number of amides is 1. The molecule has 102 valence electrons. The Morgan fingerprint density at radius 3 is 2.71 bits per heavy atom. The summed E-state index contributed by atoms with van der Waals surface area (Å²) in [6, 6.07) is -0.444. The first-order valence-corrected chi connectivity index (χ1v) is 6.32. The van der Waals surface area contributed by atoms with Crippen molar-refractivity contribution in [2.45, 2.75) is 38.6 Å². The molecule has 0 rings (SSSR count). The number of unbranched alkanes of at least 4 members (excludes halogenated alkanes) is 1. The first-order chi connectivity index (χ1) is 8.22. The van der Waals surface area contributed by atoms with Crippen LogP contribution in [0, 0.1) is 0 Å². The summed E-state index contributed by atoms with van der Waals surface area (Å²) in [7, 11) is 1.64. The molecule has 0 saturated carbocycles. The Kier molecular flexibility index (Phi) is 11.4. The lowest BCUT2D eigenvalue weighted by atomic mass is 10.1. The summed E-state index contributed by atoms with van der Waals surface area (Å²) in [5, 5.41) is 2.76. The van der Waals surface area contributed by atoms with Gasteiger partial charge in [-0.05, 0) is 19.3 Å². The number of hydrogen-bond donors (Lipinski definition) is 2. The highest BCUT2D eigenvalue weighted by atomic mass is 16.5. The van der Waals surface area contributed by atoms with Gasteiger partial charge in [-0.25, -0.2) is 0 Å². The molecular formula is C12H26N2O3. The summed E-state index contributed by atoms with van der Waals surface area (Å²) in [5.74, 6) is -0.111. The van der Waals surface area contributed by atoms with Crippen molar-refractivity contribution in [2.75, 3.05) is 33.5 Å². The summed E-state index contributed by atoms with van der Waals surface area (Å²) < 4.78 is 10.2. The smallest absolute Gasteiger partial charge is 0.236 e. The van der Waals surface area contributed by atoms with Crippen molar-refractivity contribution < 1.29 is 14.3 Å². The molecule has 0 aromatic carbocycles. The molecule has 1 unspecified atom stereocenters. The van der Waals surface area contributed by atoms with E-state index in [1.807, 2.05) is 0 Å². The lowest BCUT2D eigenvalue weighted by Gasteiger charge is -2.12. The first-order valence-electron chi connectivity index (χ1n) is 6.32. The van der Waals surface area contributed by atoms with Crippen molar-refractivity contribution >= 4 is 5.91 Å². The number of ether oxygens (including phenoxy) is 2. The third-order valence-electron chi connectivity index (χ3n) is 2.39. The molecule has 5 heteroatoms. The zero-order valence-electron chi connectivity index (χ0n) is 11.0. The van der Waals surface area contributed by atoms with E-state index in [-0.39, 0.29) is 5.91 Å². The van der Waals surface area contributed by atoms with Crippen molar-refractivity contribution in [2.24, 2.45) is 5.73 Å². The molecule has 0 aliphatic heterocycles. The third kappa shape index (κ3) is 10.2. The predicted octanol–water partition coefficient (Wildman–Crippen LogP) is 0.673. The minimum Gasteiger partial charge on any atom is -0.385 e. The van der Waals surface area contributed by atoms with E-state index < -0.39 is 6.04 Å². The molecule has 3 N–H and O–H groups in total. The molecule has 0 fully saturated rings. The highest BCUT2D eigenvalue weighted by molar-refractivity contribution is 5.81. The van der Waals surface area contributed by atoms with Crippen LogP contribution in [0.5, 0.6) is 0 Å². The van der Waals surface area contributed by atoms with Crippen LogP contribution in [0.2, 0.25) is 0 Å². The van der Waals surface area contributed by atoms with Gasteiger partial charge in [0, 0.05) is 26.9 Å². The number of nitrogens with one attached hydrogen (secondary N) is 1. The van der Waals surface area contributed by atoms with Crippen LogP contribution in [0.3, 0.4) is 0 Å². The monoisotopic (exact) mass is 246 g/mol. The molecular weight excluding hydrogens is 220 g/mol. The molecule has 0 aromatic rings. The standard InChI is InChI=1S/C12H26N2O3/c1-3-4-9-17-10-7-14-12(15)11(13)6-5-8-16-2/h11H,3-10,13H2,1-2H3,(H,14,15). The van der Waals surface area contributed by atoms with Crippen LogP contribution in [0.15, 0.2) is 0 Å². The van der Waals surface area contributed by atoms with Gasteiger partial charge in [-0.3, -0.25) is 4.79 Å². The lowest BCUT2D eigenvalue weighted by Crippen LogP contribution is -2.41. The van der Waals surface area contributed by atoms with Gasteiger partial charge in [-0.2, -0.15) is 0 Å². The van der Waals surface area contributed by atoms with Crippen LogP contribution in [0.1, 0.15) is 32.6 Å². The summed E-state index contributed by atoms with van der Waals surface area (Å²) in [5.41, 5.74) is 5.71. The molecule has 0 bridgehead atoms. The Hall–Kier alpha value is -0.650. The van der Waals surface area contributed by atoms with Crippen molar-refractivity contribution in [3.8, 4) is 0 Å². The Bertz CT molecular complexity index is 189. The second-order valence-corrected chi connectivity index (χ2v) is 4.00. The topological polar surface area (TPSA) is 73.6 Å². The number of nitrogens with two attached hydrogens (primary N) is 1. The first kappa shape index (κ1) is 16.4. The van der Waals surface area contributed by atoms with E-state index in [4.69, 9.17) is 15.2 Å². The van der Waals surface area contributed by atoms with Crippen LogP contribution in [-0.2, 0) is 14.3 Å². The number of hydrogen-bond acceptors (Lipinski definition) is 4. The fourth-order valence-electron chi connectivity index (χ4n) is 1.30. The van der Waals surface area contributed by atoms with E-state index in [2.05, 4.69) is 12.2 Å². The van der Waals surface area contributed by atoms with Gasteiger partial charge in [-0.1, -0.05) is 13.3 Å². The maximum absolute atomic E-state index is 11.5. The molecule has 0 spiro atoms. The van der Waals surface area contributed by atoms with Gasteiger partial charge in [-0.15, -0.1) is 0 Å². The van der Waals surface area contributed by atoms with E-state index in [9.17, 15) is 4.79 Å². The van der Waals surface area contributed by atoms with E-state index in [1.54, 1.807) is 7.11 Å². The lowest BCUT2D eigenvalue weighted by molar-refractivity contribution is -0.122. The zero-order chi connectivity index (χ0) is 12.9. The molecule has 0 aliphatic rings. The van der Waals surface area contributed by atoms with Crippen LogP contribution in [-0.4, -0.2) is 45.4 Å². The van der Waals surface area contributed by atoms with E-state index >= 15 is 0 Å². The maximum Gasteiger partial charge on any atom is 0.236 e. The summed E-state index contributed by atoms with van der Waals surface area (Å²) in [6.45, 7) is 4.59. The summed E-state index contributed by atoms with van der Waals surface area (Å²) in [6.07, 6.45) is 3.63. The van der Waals surface area contributed by atoms with Crippen molar-refractivity contribution in [3.05, 3.63) is 0 Å². The summed E-state index contributed by atoms with van der Waals surface area (Å²) in [4.78, 5) is 11.5. The highest BCUT2D eigenvalue weighted by Gasteiger charge is 2.11. The normalized spacial score (nSPS) is 12.4. The van der Waals surface area contributed by atoms with Gasteiger partial charge in [0.1, 0.15) is 0 Å². The van der Waals surface area contributed by atoms with Crippen LogP contribution < -0.4 is 11.1 Å². The Morgan fingerprint density at radius 1 is 1.29 bits per heavy atom. The SMILES string of the molecule is CCCCOCCNC(=O)C(N)CCCOC. The molecule has 1 amide bonds. The van der Waals surface area contributed by atoms with Gasteiger partial charge in [0.2, 0.25) is 5.91 Å². The average Bonchev–Trinajstić information content (AvgIpc) is 2.33. The second-order valence-electron chi connectivity index (χ2n) is 4.00. The quantitative estimate of drug-likeness (QED) is 0.526. The molecule has 5 nitrogen and oxygen atoms in total. The maximum atomic E-state index is 11.5. The minimum atomic E-state index is -0.444. The Morgan fingerprint density at radius 2 is 2.06 bits per heavy atom. The minimum absolute atomic E-state index is 0.111. The number of rotatable bonds is 11. The van der Waals surface area contributed by atoms with Gasteiger partial charge in [0.25, 0.3) is 0 Å². The number of methoxy groups -OCH3 is 1. The largest absolute Gasteiger partial charge is 0.385 e. The van der Waals surface area contributed by atoms with Crippen molar-refractivity contribution in [1.82, 2.24) is 5.32 Å². The van der Waals surface area contributed by atoms with E-state index in [0.717, 1.165) is 25.9 Å². The summed E-state index contributed by atoms with van der Waals surface area (Å²) >= 11 is 0. The van der Waals surface area contributed by atoms with Gasteiger partial charge in [0.15, 0.2) is 0 Å². The molecule has 17 heavy (non-hydrogen) atoms. The Labute approximate surface area is 104 Å². The fraction of sp³-hybridized carbons (Fsp3) is 0.917. The number of carbonyl (C=O) groups excluding carboxylic acids is 1. The van der Waals surface area contributed by atoms with Crippen LogP contribution >= 0.6 is 0 Å². The van der Waals surface area contributed by atoms with Crippen molar-refractivity contribution in [3.63, 3.8) is 0 Å². The zero-order valence-corrected chi connectivity index (χ0v) is 11.0. The highest BCUT2D eigenvalue weighted by Crippen LogP contribution is 1.94. The predicted molar refractivity (Wildman–Crippen MR) is 67.8 cm³/mol. The molecule has 0 aliphatic carbocycles. The Balaban J connectivity index is 3.37. The molecule has 0 heterocycles. The molecule has 1 atom stereocenters. The third-order valence-corrected chi connectivity index (χ3v) is 2.39. The average molecular weight is 246 g/mol. The fourth-order valence-corrected chi connectivity index (χ4v) is 1.30.